The summed E-state index contributed by atoms with van der Waals surface area (Å²) in [5, 5.41) is 11.1. The van der Waals surface area contributed by atoms with E-state index in [0.717, 1.165) is 38.0 Å². The second kappa shape index (κ2) is 6.30. The second-order valence-electron chi connectivity index (χ2n) is 5.79. The van der Waals surface area contributed by atoms with Crippen molar-refractivity contribution in [3.63, 3.8) is 0 Å². The summed E-state index contributed by atoms with van der Waals surface area (Å²) in [6.07, 6.45) is 6.04. The lowest BCUT2D eigenvalue weighted by molar-refractivity contribution is 0.187. The molecule has 6 heteroatoms. The predicted octanol–water partition coefficient (Wildman–Crippen LogP) is 2.24. The zero-order valence-electron chi connectivity index (χ0n) is 12.2. The van der Waals surface area contributed by atoms with Crippen LogP contribution in [0, 0.1) is 0 Å². The van der Waals surface area contributed by atoms with Gasteiger partial charge in [0.25, 0.3) is 0 Å². The van der Waals surface area contributed by atoms with Crippen molar-refractivity contribution in [2.24, 2.45) is 0 Å². The van der Waals surface area contributed by atoms with E-state index in [0.29, 0.717) is 5.69 Å². The van der Waals surface area contributed by atoms with Crippen LogP contribution in [-0.4, -0.2) is 53.3 Å². The van der Waals surface area contributed by atoms with E-state index >= 15 is 0 Å². The van der Waals surface area contributed by atoms with Gasteiger partial charge in [-0.05, 0) is 18.9 Å². The lowest BCUT2D eigenvalue weighted by Crippen LogP contribution is -2.50. The van der Waals surface area contributed by atoms with Gasteiger partial charge >= 0.3 is 6.09 Å². The number of amides is 1. The Labute approximate surface area is 124 Å². The molecule has 114 valence electrons. The van der Waals surface area contributed by atoms with E-state index in [4.69, 9.17) is 5.11 Å². The standard InChI is InChI=1S/C15H22N4O2/c20-15(21)17-12-5-6-16-14(11-12)19-9-7-18(8-10-19)13-3-1-2-4-13/h5-6,11,13H,1-4,7-10H2,(H,16,17)(H,20,21). The lowest BCUT2D eigenvalue weighted by atomic mass is 10.2. The molecule has 0 aromatic carbocycles. The molecule has 1 saturated heterocycles. The molecule has 2 aliphatic rings. The van der Waals surface area contributed by atoms with Crippen molar-refractivity contribution in [1.29, 1.82) is 0 Å². The molecule has 2 heterocycles. The Bertz CT molecular complexity index is 494. The second-order valence-corrected chi connectivity index (χ2v) is 5.79. The van der Waals surface area contributed by atoms with E-state index in [-0.39, 0.29) is 0 Å². The number of hydrogen-bond acceptors (Lipinski definition) is 4. The minimum atomic E-state index is -1.04. The number of pyridine rings is 1. The van der Waals surface area contributed by atoms with Crippen LogP contribution in [0.3, 0.4) is 0 Å². The van der Waals surface area contributed by atoms with E-state index < -0.39 is 6.09 Å². The number of carbonyl (C=O) groups is 1. The quantitative estimate of drug-likeness (QED) is 0.893. The molecular formula is C15H22N4O2. The first-order chi connectivity index (χ1) is 10.2. The number of nitrogens with zero attached hydrogens (tertiary/aromatic N) is 3. The molecule has 2 N–H and O–H groups in total. The van der Waals surface area contributed by atoms with Crippen LogP contribution in [0.15, 0.2) is 18.3 Å². The topological polar surface area (TPSA) is 68.7 Å². The minimum absolute atomic E-state index is 0.575. The first-order valence-corrected chi connectivity index (χ1v) is 7.67. The lowest BCUT2D eigenvalue weighted by Gasteiger charge is -2.38. The third-order valence-electron chi connectivity index (χ3n) is 4.48. The first kappa shape index (κ1) is 14.1. The molecule has 0 spiro atoms. The molecule has 1 saturated carbocycles. The third kappa shape index (κ3) is 3.44. The molecule has 1 aliphatic heterocycles. The SMILES string of the molecule is O=C(O)Nc1ccnc(N2CCN(C3CCCC3)CC2)c1. The Morgan fingerprint density at radius 1 is 1.24 bits per heavy atom. The highest BCUT2D eigenvalue weighted by atomic mass is 16.4. The van der Waals surface area contributed by atoms with Gasteiger partial charge in [0.05, 0.1) is 0 Å². The van der Waals surface area contributed by atoms with Gasteiger partial charge in [-0.1, -0.05) is 12.8 Å². The van der Waals surface area contributed by atoms with Gasteiger partial charge in [-0.25, -0.2) is 9.78 Å². The molecular weight excluding hydrogens is 268 g/mol. The van der Waals surface area contributed by atoms with E-state index in [2.05, 4.69) is 20.1 Å². The highest BCUT2D eigenvalue weighted by Gasteiger charge is 2.26. The molecule has 2 fully saturated rings. The molecule has 21 heavy (non-hydrogen) atoms. The first-order valence-electron chi connectivity index (χ1n) is 7.67. The average Bonchev–Trinajstić information content (AvgIpc) is 3.01. The zero-order valence-corrected chi connectivity index (χ0v) is 12.2. The van der Waals surface area contributed by atoms with Crippen LogP contribution in [0.1, 0.15) is 25.7 Å². The van der Waals surface area contributed by atoms with Crippen LogP contribution < -0.4 is 10.2 Å². The van der Waals surface area contributed by atoms with Gasteiger partial charge in [-0.15, -0.1) is 0 Å². The summed E-state index contributed by atoms with van der Waals surface area (Å²) in [4.78, 5) is 19.9. The van der Waals surface area contributed by atoms with Crippen molar-refractivity contribution in [1.82, 2.24) is 9.88 Å². The monoisotopic (exact) mass is 290 g/mol. The van der Waals surface area contributed by atoms with Gasteiger partial charge in [-0.3, -0.25) is 10.2 Å². The molecule has 0 atom stereocenters. The van der Waals surface area contributed by atoms with Crippen LogP contribution in [0.2, 0.25) is 0 Å². The molecule has 1 aromatic heterocycles. The molecule has 0 radical (unpaired) electrons. The summed E-state index contributed by atoms with van der Waals surface area (Å²) in [7, 11) is 0. The molecule has 0 unspecified atom stereocenters. The van der Waals surface area contributed by atoms with Crippen molar-refractivity contribution in [3.8, 4) is 0 Å². The van der Waals surface area contributed by atoms with Crippen molar-refractivity contribution < 1.29 is 9.90 Å². The Kier molecular flexibility index (Phi) is 4.24. The number of piperazine rings is 1. The Hall–Kier alpha value is -1.82. The van der Waals surface area contributed by atoms with Gasteiger partial charge < -0.3 is 10.0 Å². The summed E-state index contributed by atoms with van der Waals surface area (Å²) in [5.74, 6) is 0.854. The van der Waals surface area contributed by atoms with Crippen LogP contribution in [0.4, 0.5) is 16.3 Å². The maximum absolute atomic E-state index is 10.7. The Morgan fingerprint density at radius 3 is 2.62 bits per heavy atom. The molecule has 1 aliphatic carbocycles. The van der Waals surface area contributed by atoms with Crippen LogP contribution in [0.25, 0.3) is 0 Å². The molecule has 1 amide bonds. The summed E-state index contributed by atoms with van der Waals surface area (Å²) in [6, 6.07) is 4.26. The number of nitrogens with one attached hydrogen (secondary N) is 1. The predicted molar refractivity (Wildman–Crippen MR) is 81.9 cm³/mol. The van der Waals surface area contributed by atoms with Crippen molar-refractivity contribution >= 4 is 17.6 Å². The maximum atomic E-state index is 10.7. The number of anilines is 2. The molecule has 3 rings (SSSR count). The summed E-state index contributed by atoms with van der Waals surface area (Å²) in [5.41, 5.74) is 0.575. The Morgan fingerprint density at radius 2 is 1.95 bits per heavy atom. The van der Waals surface area contributed by atoms with E-state index in [1.165, 1.54) is 25.7 Å². The Balaban J connectivity index is 1.59. The van der Waals surface area contributed by atoms with Crippen LogP contribution in [0.5, 0.6) is 0 Å². The van der Waals surface area contributed by atoms with Crippen LogP contribution >= 0.6 is 0 Å². The number of hydrogen-bond donors (Lipinski definition) is 2. The average molecular weight is 290 g/mol. The normalized spacial score (nSPS) is 20.7. The minimum Gasteiger partial charge on any atom is -0.465 e. The number of carboxylic acid groups (broad SMARTS) is 1. The summed E-state index contributed by atoms with van der Waals surface area (Å²) in [6.45, 7) is 4.06. The molecule has 6 nitrogen and oxygen atoms in total. The van der Waals surface area contributed by atoms with Gasteiger partial charge in [0.2, 0.25) is 0 Å². The van der Waals surface area contributed by atoms with Crippen molar-refractivity contribution in [3.05, 3.63) is 18.3 Å². The van der Waals surface area contributed by atoms with E-state index in [1.807, 2.05) is 0 Å². The van der Waals surface area contributed by atoms with Gasteiger partial charge in [0, 0.05) is 50.2 Å². The van der Waals surface area contributed by atoms with E-state index in [9.17, 15) is 4.79 Å². The van der Waals surface area contributed by atoms with Crippen molar-refractivity contribution in [2.75, 3.05) is 36.4 Å². The molecule has 1 aromatic rings. The van der Waals surface area contributed by atoms with Crippen molar-refractivity contribution in [2.45, 2.75) is 31.7 Å². The summed E-state index contributed by atoms with van der Waals surface area (Å²) >= 11 is 0. The molecule has 0 bridgehead atoms. The third-order valence-corrected chi connectivity index (χ3v) is 4.48. The maximum Gasteiger partial charge on any atom is 0.409 e. The fourth-order valence-corrected chi connectivity index (χ4v) is 3.38. The fraction of sp³-hybridized carbons (Fsp3) is 0.600. The highest BCUT2D eigenvalue weighted by Crippen LogP contribution is 2.25. The van der Waals surface area contributed by atoms with Crippen LogP contribution in [-0.2, 0) is 0 Å². The van der Waals surface area contributed by atoms with Gasteiger partial charge in [0.1, 0.15) is 5.82 Å². The smallest absolute Gasteiger partial charge is 0.409 e. The van der Waals surface area contributed by atoms with E-state index in [1.54, 1.807) is 18.3 Å². The fourth-order valence-electron chi connectivity index (χ4n) is 3.38. The largest absolute Gasteiger partial charge is 0.465 e. The number of aromatic nitrogens is 1. The number of rotatable bonds is 3. The van der Waals surface area contributed by atoms with Gasteiger partial charge in [0.15, 0.2) is 0 Å². The highest BCUT2D eigenvalue weighted by molar-refractivity contribution is 5.83. The van der Waals surface area contributed by atoms with Gasteiger partial charge in [-0.2, -0.15) is 0 Å². The summed E-state index contributed by atoms with van der Waals surface area (Å²) < 4.78 is 0. The zero-order chi connectivity index (χ0) is 14.7.